The SMILES string of the molecule is O=C1Nc2cccc3c2C1(I)CCC3. The molecule has 1 aromatic rings. The van der Waals surface area contributed by atoms with Crippen LogP contribution < -0.4 is 5.32 Å². The van der Waals surface area contributed by atoms with Gasteiger partial charge in [0.1, 0.15) is 3.42 Å². The average Bonchev–Trinajstić information content (AvgIpc) is 2.42. The fraction of sp³-hybridized carbons (Fsp3) is 0.364. The molecule has 3 heteroatoms. The summed E-state index contributed by atoms with van der Waals surface area (Å²) in [5.41, 5.74) is 3.62. The van der Waals surface area contributed by atoms with Crippen molar-refractivity contribution in [3.8, 4) is 0 Å². The van der Waals surface area contributed by atoms with E-state index in [0.717, 1.165) is 24.9 Å². The van der Waals surface area contributed by atoms with Crippen LogP contribution in [0.3, 0.4) is 0 Å². The molecule has 14 heavy (non-hydrogen) atoms. The molecule has 1 unspecified atom stereocenters. The normalized spacial score (nSPS) is 28.5. The van der Waals surface area contributed by atoms with Crippen molar-refractivity contribution in [2.45, 2.75) is 22.7 Å². The number of amides is 1. The molecule has 1 aromatic carbocycles. The molecule has 1 aliphatic heterocycles. The van der Waals surface area contributed by atoms with Crippen molar-refractivity contribution >= 4 is 34.2 Å². The lowest BCUT2D eigenvalue weighted by Crippen LogP contribution is -2.30. The number of carbonyl (C=O) groups excluding carboxylic acids is 1. The average molecular weight is 299 g/mol. The van der Waals surface area contributed by atoms with Crippen LogP contribution in [0.15, 0.2) is 18.2 Å². The molecule has 0 saturated carbocycles. The minimum absolute atomic E-state index is 0.167. The van der Waals surface area contributed by atoms with E-state index in [1.165, 1.54) is 11.1 Å². The summed E-state index contributed by atoms with van der Waals surface area (Å²) in [4.78, 5) is 11.9. The van der Waals surface area contributed by atoms with E-state index in [1.807, 2.05) is 12.1 Å². The van der Waals surface area contributed by atoms with Gasteiger partial charge in [-0.3, -0.25) is 4.79 Å². The summed E-state index contributed by atoms with van der Waals surface area (Å²) >= 11 is 2.31. The highest BCUT2D eigenvalue weighted by atomic mass is 127. The van der Waals surface area contributed by atoms with E-state index in [9.17, 15) is 4.79 Å². The lowest BCUT2D eigenvalue weighted by Gasteiger charge is -2.27. The molecule has 3 rings (SSSR count). The summed E-state index contributed by atoms with van der Waals surface area (Å²) < 4.78 is -0.276. The second-order valence-electron chi connectivity index (χ2n) is 3.95. The lowest BCUT2D eigenvalue weighted by atomic mass is 9.84. The van der Waals surface area contributed by atoms with Gasteiger partial charge < -0.3 is 5.32 Å². The molecule has 1 atom stereocenters. The molecule has 0 aromatic heterocycles. The highest BCUT2D eigenvalue weighted by Gasteiger charge is 2.47. The number of aryl methyl sites for hydroxylation is 1. The molecule has 1 amide bonds. The van der Waals surface area contributed by atoms with Crippen LogP contribution in [0.2, 0.25) is 0 Å². The quantitative estimate of drug-likeness (QED) is 0.579. The highest BCUT2D eigenvalue weighted by molar-refractivity contribution is 14.1. The summed E-state index contributed by atoms with van der Waals surface area (Å²) in [5, 5.41) is 2.97. The molecule has 0 bridgehead atoms. The predicted molar refractivity (Wildman–Crippen MR) is 63.7 cm³/mol. The van der Waals surface area contributed by atoms with E-state index in [-0.39, 0.29) is 9.33 Å². The molecule has 1 N–H and O–H groups in total. The molecule has 0 spiro atoms. The van der Waals surface area contributed by atoms with Gasteiger partial charge in [0.05, 0.1) is 0 Å². The van der Waals surface area contributed by atoms with E-state index in [4.69, 9.17) is 0 Å². The van der Waals surface area contributed by atoms with Crippen molar-refractivity contribution in [3.63, 3.8) is 0 Å². The molecular formula is C11H10INO. The zero-order chi connectivity index (χ0) is 9.76. The monoisotopic (exact) mass is 299 g/mol. The maximum Gasteiger partial charge on any atom is 0.245 e. The Labute approximate surface area is 96.2 Å². The molecule has 1 aliphatic carbocycles. The van der Waals surface area contributed by atoms with Gasteiger partial charge in [0.15, 0.2) is 0 Å². The maximum absolute atomic E-state index is 11.9. The lowest BCUT2D eigenvalue weighted by molar-refractivity contribution is -0.117. The van der Waals surface area contributed by atoms with Crippen molar-refractivity contribution < 1.29 is 4.79 Å². The molecular weight excluding hydrogens is 289 g/mol. The fourth-order valence-corrected chi connectivity index (χ4v) is 3.63. The van der Waals surface area contributed by atoms with Crippen LogP contribution in [0.1, 0.15) is 24.0 Å². The molecule has 0 fully saturated rings. The van der Waals surface area contributed by atoms with Gasteiger partial charge in [-0.2, -0.15) is 0 Å². The number of rotatable bonds is 0. The minimum atomic E-state index is -0.276. The first-order chi connectivity index (χ1) is 6.72. The largest absolute Gasteiger partial charge is 0.324 e. The topological polar surface area (TPSA) is 29.1 Å². The van der Waals surface area contributed by atoms with Gasteiger partial charge in [0.2, 0.25) is 5.91 Å². The number of nitrogens with one attached hydrogen (secondary N) is 1. The van der Waals surface area contributed by atoms with Crippen molar-refractivity contribution in [3.05, 3.63) is 29.3 Å². The summed E-state index contributed by atoms with van der Waals surface area (Å²) in [6.45, 7) is 0. The number of halogens is 1. The zero-order valence-electron chi connectivity index (χ0n) is 7.64. The van der Waals surface area contributed by atoms with Crippen LogP contribution in [0, 0.1) is 0 Å². The first kappa shape index (κ1) is 8.71. The van der Waals surface area contributed by atoms with E-state index in [0.29, 0.717) is 0 Å². The Bertz CT molecular complexity index is 429. The molecule has 0 saturated heterocycles. The number of alkyl halides is 1. The number of hydrogen-bond acceptors (Lipinski definition) is 1. The number of benzene rings is 1. The van der Waals surface area contributed by atoms with Crippen LogP contribution >= 0.6 is 22.6 Å². The van der Waals surface area contributed by atoms with E-state index in [1.54, 1.807) is 0 Å². The van der Waals surface area contributed by atoms with Crippen LogP contribution in [-0.4, -0.2) is 5.91 Å². The molecule has 0 radical (unpaired) electrons. The Kier molecular flexibility index (Phi) is 1.69. The zero-order valence-corrected chi connectivity index (χ0v) is 9.80. The second kappa shape index (κ2) is 2.72. The summed E-state index contributed by atoms with van der Waals surface area (Å²) in [6, 6.07) is 6.18. The number of hydrogen-bond donors (Lipinski definition) is 1. The molecule has 1 heterocycles. The highest BCUT2D eigenvalue weighted by Crippen LogP contribution is 2.50. The first-order valence-corrected chi connectivity index (χ1v) is 5.92. The van der Waals surface area contributed by atoms with Crippen LogP contribution in [0.4, 0.5) is 5.69 Å². The standard InChI is InChI=1S/C11H10INO/c12-11-6-2-4-7-3-1-5-8(9(7)11)13-10(11)14/h1,3,5H,2,4,6H2,(H,13,14). The van der Waals surface area contributed by atoms with Gasteiger partial charge in [-0.15, -0.1) is 0 Å². The van der Waals surface area contributed by atoms with Gasteiger partial charge in [-0.1, -0.05) is 34.7 Å². The van der Waals surface area contributed by atoms with E-state index < -0.39 is 0 Å². The Morgan fingerprint density at radius 2 is 2.29 bits per heavy atom. The van der Waals surface area contributed by atoms with Crippen molar-refractivity contribution in [1.29, 1.82) is 0 Å². The summed E-state index contributed by atoms with van der Waals surface area (Å²) in [7, 11) is 0. The third-order valence-electron chi connectivity index (χ3n) is 3.12. The maximum atomic E-state index is 11.9. The van der Waals surface area contributed by atoms with Crippen molar-refractivity contribution in [2.24, 2.45) is 0 Å². The molecule has 2 nitrogen and oxygen atoms in total. The van der Waals surface area contributed by atoms with Gasteiger partial charge in [0, 0.05) is 11.3 Å². The number of carbonyl (C=O) groups is 1. The summed E-state index contributed by atoms with van der Waals surface area (Å²) in [6.07, 6.45) is 3.21. The van der Waals surface area contributed by atoms with Gasteiger partial charge >= 0.3 is 0 Å². The first-order valence-electron chi connectivity index (χ1n) is 4.84. The molecule has 72 valence electrons. The van der Waals surface area contributed by atoms with Gasteiger partial charge in [0.25, 0.3) is 0 Å². The Hall–Kier alpha value is -0.580. The van der Waals surface area contributed by atoms with E-state index in [2.05, 4.69) is 34.0 Å². The molecule has 2 aliphatic rings. The Balaban J connectivity index is 2.32. The number of anilines is 1. The second-order valence-corrected chi connectivity index (χ2v) is 5.79. The fourth-order valence-electron chi connectivity index (χ4n) is 2.48. The van der Waals surface area contributed by atoms with Crippen LogP contribution in [0.25, 0.3) is 0 Å². The minimum Gasteiger partial charge on any atom is -0.324 e. The van der Waals surface area contributed by atoms with Crippen LogP contribution in [-0.2, 0) is 14.6 Å². The van der Waals surface area contributed by atoms with Crippen molar-refractivity contribution in [2.75, 3.05) is 5.32 Å². The van der Waals surface area contributed by atoms with Crippen LogP contribution in [0.5, 0.6) is 0 Å². The summed E-state index contributed by atoms with van der Waals surface area (Å²) in [5.74, 6) is 0.167. The predicted octanol–water partition coefficient (Wildman–Crippen LogP) is 2.61. The van der Waals surface area contributed by atoms with Crippen molar-refractivity contribution in [1.82, 2.24) is 0 Å². The Morgan fingerprint density at radius 1 is 1.43 bits per heavy atom. The van der Waals surface area contributed by atoms with E-state index >= 15 is 0 Å². The Morgan fingerprint density at radius 3 is 3.14 bits per heavy atom. The van der Waals surface area contributed by atoms with Gasteiger partial charge in [-0.05, 0) is 30.9 Å². The third-order valence-corrected chi connectivity index (χ3v) is 4.69. The smallest absolute Gasteiger partial charge is 0.245 e. The third kappa shape index (κ3) is 0.935. The van der Waals surface area contributed by atoms with Gasteiger partial charge in [-0.25, -0.2) is 0 Å².